The largest absolute Gasteiger partial charge is 0.462 e. The Morgan fingerprint density at radius 3 is 2.48 bits per heavy atom. The molecule has 0 atom stereocenters. The molecule has 0 unspecified atom stereocenters. The lowest BCUT2D eigenvalue weighted by Gasteiger charge is -2.57. The van der Waals surface area contributed by atoms with Crippen molar-refractivity contribution in [2.75, 3.05) is 23.8 Å². The molecule has 1 aromatic rings. The second kappa shape index (κ2) is 9.25. The van der Waals surface area contributed by atoms with Crippen LogP contribution in [0, 0.1) is 17.8 Å². The Kier molecular flexibility index (Phi) is 6.44. The molecule has 6 heteroatoms. The minimum Gasteiger partial charge on any atom is -0.462 e. The van der Waals surface area contributed by atoms with Gasteiger partial charge in [-0.1, -0.05) is 0 Å². The Balaban J connectivity index is 1.55. The molecule has 4 aliphatic rings. The predicted octanol–water partition coefficient (Wildman–Crippen LogP) is 5.29. The first-order valence-electron chi connectivity index (χ1n) is 11.5. The number of rotatable bonds is 9. The smallest absolute Gasteiger partial charge is 0.338 e. The van der Waals surface area contributed by atoms with Gasteiger partial charge in [0.05, 0.1) is 23.5 Å². The van der Waals surface area contributed by atoms with Crippen molar-refractivity contribution in [1.29, 1.82) is 0 Å². The van der Waals surface area contributed by atoms with Crippen molar-refractivity contribution in [3.05, 3.63) is 35.5 Å². The predicted molar refractivity (Wildman–Crippen MR) is 127 cm³/mol. The van der Waals surface area contributed by atoms with E-state index in [1.54, 1.807) is 6.20 Å². The number of nitrogens with zero attached hydrogens (tertiary/aromatic N) is 2. The van der Waals surface area contributed by atoms with E-state index >= 15 is 0 Å². The first-order valence-corrected chi connectivity index (χ1v) is 11.5. The van der Waals surface area contributed by atoms with Crippen LogP contribution in [0.2, 0.25) is 0 Å². The van der Waals surface area contributed by atoms with E-state index in [2.05, 4.69) is 27.3 Å². The van der Waals surface area contributed by atoms with Crippen molar-refractivity contribution in [3.8, 4) is 0 Å². The average Bonchev–Trinajstić information content (AvgIpc) is 2.72. The highest BCUT2D eigenvalue weighted by Crippen LogP contribution is 2.56. The third kappa shape index (κ3) is 5.00. The third-order valence-corrected chi connectivity index (χ3v) is 6.97. The second-order valence-electron chi connectivity index (χ2n) is 9.58. The van der Waals surface area contributed by atoms with Gasteiger partial charge in [-0.2, -0.15) is 0 Å². The lowest BCUT2D eigenvalue weighted by Crippen LogP contribution is -2.54. The Morgan fingerprint density at radius 2 is 1.87 bits per heavy atom. The Bertz CT molecular complexity index is 854. The summed E-state index contributed by atoms with van der Waals surface area (Å²) >= 11 is 0. The van der Waals surface area contributed by atoms with Crippen LogP contribution in [0.25, 0.3) is 0 Å². The zero-order valence-electron chi connectivity index (χ0n) is 18.7. The molecule has 0 heterocycles. The quantitative estimate of drug-likeness (QED) is 0.322. The van der Waals surface area contributed by atoms with Gasteiger partial charge in [0.15, 0.2) is 0 Å². The minimum atomic E-state index is -0.291. The third-order valence-electron chi connectivity index (χ3n) is 6.97. The summed E-state index contributed by atoms with van der Waals surface area (Å²) in [6.45, 7) is 8.22. The van der Waals surface area contributed by atoms with Crippen molar-refractivity contribution in [3.63, 3.8) is 0 Å². The molecule has 2 N–H and O–H groups in total. The first kappa shape index (κ1) is 21.6. The van der Waals surface area contributed by atoms with Crippen molar-refractivity contribution in [2.45, 2.75) is 57.9 Å². The maximum absolute atomic E-state index is 12.3. The maximum atomic E-state index is 12.3. The van der Waals surface area contributed by atoms with Crippen LogP contribution in [0.15, 0.2) is 40.0 Å². The molecule has 4 aliphatic carbocycles. The highest BCUT2D eigenvalue weighted by Gasteiger charge is 2.51. The summed E-state index contributed by atoms with van der Waals surface area (Å²) in [6.07, 6.45) is 11.2. The van der Waals surface area contributed by atoms with E-state index in [0.29, 0.717) is 18.7 Å². The summed E-state index contributed by atoms with van der Waals surface area (Å²) in [4.78, 5) is 20.0. The van der Waals surface area contributed by atoms with E-state index in [-0.39, 0.29) is 11.5 Å². The van der Waals surface area contributed by atoms with Crippen LogP contribution in [0.3, 0.4) is 0 Å². The van der Waals surface area contributed by atoms with Gasteiger partial charge in [0.1, 0.15) is 6.34 Å². The van der Waals surface area contributed by atoms with Gasteiger partial charge in [-0.15, -0.1) is 0 Å². The van der Waals surface area contributed by atoms with Crippen LogP contribution in [0.5, 0.6) is 0 Å². The molecule has 0 amide bonds. The van der Waals surface area contributed by atoms with E-state index < -0.39 is 0 Å². The number of carbonyl (C=O) groups excluding carboxylic acids is 1. The molecule has 0 radical (unpaired) electrons. The number of ether oxygens (including phenoxy) is 1. The SMILES string of the molecule is C=NC=N/C=C(\C)CNc1cc(C(=O)OCC)ccc1NC12CC3CC(CC(C3)C1)C2. The van der Waals surface area contributed by atoms with Crippen LogP contribution in [0.1, 0.15) is 62.7 Å². The van der Waals surface area contributed by atoms with E-state index in [1.807, 2.05) is 32.0 Å². The van der Waals surface area contributed by atoms with Crippen LogP contribution in [-0.2, 0) is 4.74 Å². The zero-order valence-corrected chi connectivity index (χ0v) is 18.7. The standard InChI is InChI=1S/C25H34N4O2/c1-4-31-24(30)21-5-6-22(23(10-21)28-15-17(2)14-27-16-26-3)29-25-11-18-7-19(12-25)9-20(8-18)13-25/h5-6,10,14,16,18-20,28-29H,3-4,7-9,11-13,15H2,1-2H3/b17-14+,27-16?. The number of anilines is 2. The Hall–Kier alpha value is -2.63. The van der Waals surface area contributed by atoms with E-state index in [4.69, 9.17) is 4.74 Å². The van der Waals surface area contributed by atoms with Crippen LogP contribution in [0.4, 0.5) is 11.4 Å². The van der Waals surface area contributed by atoms with Crippen molar-refractivity contribution in [2.24, 2.45) is 27.7 Å². The molecule has 166 valence electrons. The van der Waals surface area contributed by atoms with Crippen molar-refractivity contribution < 1.29 is 9.53 Å². The lowest BCUT2D eigenvalue weighted by molar-refractivity contribution is 0.0107. The highest BCUT2D eigenvalue weighted by molar-refractivity contribution is 5.92. The van der Waals surface area contributed by atoms with Crippen LogP contribution >= 0.6 is 0 Å². The molecule has 6 nitrogen and oxygen atoms in total. The van der Waals surface area contributed by atoms with Gasteiger partial charge in [-0.05, 0) is 101 Å². The van der Waals surface area contributed by atoms with Crippen LogP contribution in [-0.4, -0.2) is 37.7 Å². The Labute approximate surface area is 185 Å². The van der Waals surface area contributed by atoms with Crippen LogP contribution < -0.4 is 10.6 Å². The summed E-state index contributed by atoms with van der Waals surface area (Å²) in [5.74, 6) is 2.32. The van der Waals surface area contributed by atoms with Gasteiger partial charge in [0.25, 0.3) is 0 Å². The molecule has 0 aliphatic heterocycles. The number of aliphatic imine (C=N–C) groups is 2. The molecule has 1 aromatic carbocycles. The summed E-state index contributed by atoms with van der Waals surface area (Å²) in [5, 5.41) is 7.44. The van der Waals surface area contributed by atoms with E-state index in [1.165, 1.54) is 44.9 Å². The van der Waals surface area contributed by atoms with Gasteiger partial charge >= 0.3 is 5.97 Å². The molecule has 4 fully saturated rings. The fourth-order valence-corrected chi connectivity index (χ4v) is 6.18. The number of esters is 1. The molecule has 31 heavy (non-hydrogen) atoms. The normalized spacial score (nSPS) is 29.2. The Morgan fingerprint density at radius 1 is 1.19 bits per heavy atom. The van der Waals surface area contributed by atoms with Crippen molar-refractivity contribution in [1.82, 2.24) is 0 Å². The number of hydrogen-bond donors (Lipinski definition) is 2. The van der Waals surface area contributed by atoms with Crippen molar-refractivity contribution >= 4 is 30.4 Å². The molecule has 0 spiro atoms. The fourth-order valence-electron chi connectivity index (χ4n) is 6.18. The monoisotopic (exact) mass is 422 g/mol. The van der Waals surface area contributed by atoms with Gasteiger partial charge < -0.3 is 15.4 Å². The molecule has 4 bridgehead atoms. The van der Waals surface area contributed by atoms with E-state index in [0.717, 1.165) is 34.7 Å². The highest BCUT2D eigenvalue weighted by atomic mass is 16.5. The van der Waals surface area contributed by atoms with Gasteiger partial charge in [-0.25, -0.2) is 9.79 Å². The van der Waals surface area contributed by atoms with Gasteiger partial charge in [0.2, 0.25) is 0 Å². The number of hydrogen-bond acceptors (Lipinski definition) is 5. The second-order valence-corrected chi connectivity index (χ2v) is 9.58. The molecule has 4 saturated carbocycles. The molecule has 5 rings (SSSR count). The summed E-state index contributed by atoms with van der Waals surface area (Å²) < 4.78 is 5.21. The topological polar surface area (TPSA) is 75.1 Å². The van der Waals surface area contributed by atoms with Gasteiger partial charge in [-0.3, -0.25) is 4.99 Å². The maximum Gasteiger partial charge on any atom is 0.338 e. The molecular weight excluding hydrogens is 388 g/mol. The average molecular weight is 423 g/mol. The number of nitrogens with one attached hydrogen (secondary N) is 2. The van der Waals surface area contributed by atoms with Gasteiger partial charge in [0, 0.05) is 18.3 Å². The summed E-state index contributed by atoms with van der Waals surface area (Å²) in [6, 6.07) is 5.81. The molecular formula is C25H34N4O2. The number of benzene rings is 1. The lowest BCUT2D eigenvalue weighted by atomic mass is 9.53. The van der Waals surface area contributed by atoms with E-state index in [9.17, 15) is 4.79 Å². The first-order chi connectivity index (χ1) is 15.0. The fraction of sp³-hybridized carbons (Fsp3) is 0.560. The number of carbonyl (C=O) groups is 1. The minimum absolute atomic E-state index is 0.196. The molecule has 0 saturated heterocycles. The summed E-state index contributed by atoms with van der Waals surface area (Å²) in [5.41, 5.74) is 3.82. The zero-order chi connectivity index (χ0) is 21.8. The molecule has 0 aromatic heterocycles. The summed E-state index contributed by atoms with van der Waals surface area (Å²) in [7, 11) is 0.